The second kappa shape index (κ2) is 6.69. The van der Waals surface area contributed by atoms with E-state index in [0.29, 0.717) is 12.3 Å². The molecule has 2 aromatic rings. The van der Waals surface area contributed by atoms with E-state index in [9.17, 15) is 14.3 Å². The summed E-state index contributed by atoms with van der Waals surface area (Å²) in [5, 5.41) is 9.66. The average molecular weight is 315 g/mol. The molecule has 23 heavy (non-hydrogen) atoms. The lowest BCUT2D eigenvalue weighted by atomic mass is 10.0. The molecule has 0 bridgehead atoms. The largest absolute Gasteiger partial charge is 0.504 e. The van der Waals surface area contributed by atoms with Crippen LogP contribution in [-0.4, -0.2) is 29.1 Å². The van der Waals surface area contributed by atoms with Gasteiger partial charge in [-0.1, -0.05) is 24.3 Å². The maximum absolute atomic E-state index is 13.1. The van der Waals surface area contributed by atoms with E-state index in [1.54, 1.807) is 35.2 Å². The van der Waals surface area contributed by atoms with Gasteiger partial charge in [0.25, 0.3) is 5.91 Å². The number of ether oxygens (including phenoxy) is 1. The summed E-state index contributed by atoms with van der Waals surface area (Å²) >= 11 is 0. The first kappa shape index (κ1) is 15.3. The average Bonchev–Trinajstić information content (AvgIpc) is 3.04. The Morgan fingerprint density at radius 1 is 1.22 bits per heavy atom. The van der Waals surface area contributed by atoms with Gasteiger partial charge in [-0.15, -0.1) is 0 Å². The van der Waals surface area contributed by atoms with Crippen molar-refractivity contribution in [1.82, 2.24) is 4.90 Å². The van der Waals surface area contributed by atoms with E-state index in [4.69, 9.17) is 4.74 Å². The Hall–Kier alpha value is -2.56. The number of hydrogen-bond acceptors (Lipinski definition) is 3. The second-order valence-electron chi connectivity index (χ2n) is 5.55. The molecule has 0 spiro atoms. The van der Waals surface area contributed by atoms with Gasteiger partial charge in [-0.25, -0.2) is 4.39 Å². The van der Waals surface area contributed by atoms with Gasteiger partial charge in [0.2, 0.25) is 0 Å². The van der Waals surface area contributed by atoms with E-state index < -0.39 is 0 Å². The Morgan fingerprint density at radius 3 is 2.70 bits per heavy atom. The summed E-state index contributed by atoms with van der Waals surface area (Å²) in [6.07, 6.45) is 1.76. The number of carbonyl (C=O) groups excluding carboxylic acids is 1. The van der Waals surface area contributed by atoms with Crippen LogP contribution in [0.4, 0.5) is 4.39 Å². The van der Waals surface area contributed by atoms with Crippen molar-refractivity contribution in [3.8, 4) is 11.5 Å². The Labute approximate surface area is 134 Å². The number of para-hydroxylation sites is 2. The summed E-state index contributed by atoms with van der Waals surface area (Å²) in [6.45, 7) is 0.528. The first-order valence-corrected chi connectivity index (χ1v) is 7.61. The molecule has 1 fully saturated rings. The molecule has 0 aromatic heterocycles. The lowest BCUT2D eigenvalue weighted by Gasteiger charge is -2.25. The Bertz CT molecular complexity index is 687. The number of halogens is 1. The highest BCUT2D eigenvalue weighted by atomic mass is 19.1. The summed E-state index contributed by atoms with van der Waals surface area (Å²) in [6, 6.07) is 12.8. The van der Waals surface area contributed by atoms with Crippen molar-refractivity contribution in [2.24, 2.45) is 0 Å². The van der Waals surface area contributed by atoms with Crippen LogP contribution in [0.15, 0.2) is 48.5 Å². The van der Waals surface area contributed by atoms with E-state index in [2.05, 4.69) is 0 Å². The van der Waals surface area contributed by atoms with E-state index in [0.717, 1.165) is 18.4 Å². The summed E-state index contributed by atoms with van der Waals surface area (Å²) in [5.74, 6) is -0.122. The number of likely N-dealkylation sites (tertiary alicyclic amines) is 1. The number of hydrogen-bond donors (Lipinski definition) is 1. The highest BCUT2D eigenvalue weighted by Gasteiger charge is 2.30. The Kier molecular flexibility index (Phi) is 4.46. The maximum atomic E-state index is 13.1. The van der Waals surface area contributed by atoms with Gasteiger partial charge in [-0.3, -0.25) is 4.79 Å². The van der Waals surface area contributed by atoms with Crippen LogP contribution in [0.5, 0.6) is 11.5 Å². The maximum Gasteiger partial charge on any atom is 0.261 e. The van der Waals surface area contributed by atoms with Gasteiger partial charge >= 0.3 is 0 Å². The van der Waals surface area contributed by atoms with Crippen molar-refractivity contribution >= 4 is 5.91 Å². The predicted octanol–water partition coefficient (Wildman–Crippen LogP) is 3.27. The third kappa shape index (κ3) is 3.44. The van der Waals surface area contributed by atoms with Crippen molar-refractivity contribution in [3.63, 3.8) is 0 Å². The van der Waals surface area contributed by atoms with Gasteiger partial charge in [-0.05, 0) is 42.7 Å². The predicted molar refractivity (Wildman–Crippen MR) is 83.7 cm³/mol. The highest BCUT2D eigenvalue weighted by Crippen LogP contribution is 2.32. The normalized spacial score (nSPS) is 17.3. The zero-order valence-corrected chi connectivity index (χ0v) is 12.6. The zero-order valence-electron chi connectivity index (χ0n) is 12.6. The lowest BCUT2D eigenvalue weighted by molar-refractivity contribution is -0.134. The molecule has 2 aromatic carbocycles. The van der Waals surface area contributed by atoms with E-state index in [-0.39, 0.29) is 30.1 Å². The topological polar surface area (TPSA) is 49.8 Å². The van der Waals surface area contributed by atoms with Gasteiger partial charge in [-0.2, -0.15) is 0 Å². The number of amides is 1. The molecule has 4 nitrogen and oxygen atoms in total. The molecule has 3 rings (SSSR count). The van der Waals surface area contributed by atoms with Gasteiger partial charge in [0.15, 0.2) is 18.1 Å². The van der Waals surface area contributed by atoms with Gasteiger partial charge < -0.3 is 14.7 Å². The molecular formula is C18H18FNO3. The standard InChI is InChI=1S/C18H18FNO3/c19-14-9-7-13(8-10-14)15-4-3-11-20(15)18(22)12-23-17-6-2-1-5-16(17)21/h1-2,5-10,15,21H,3-4,11-12H2. The molecule has 0 aliphatic carbocycles. The molecule has 1 saturated heterocycles. The van der Waals surface area contributed by atoms with Gasteiger partial charge in [0.05, 0.1) is 6.04 Å². The summed E-state index contributed by atoms with van der Waals surface area (Å²) < 4.78 is 18.5. The van der Waals surface area contributed by atoms with Crippen molar-refractivity contribution < 1.29 is 19.0 Å². The molecule has 0 saturated carbocycles. The number of benzene rings is 2. The molecule has 1 N–H and O–H groups in total. The molecule has 1 aliphatic heterocycles. The Balaban J connectivity index is 1.66. The lowest BCUT2D eigenvalue weighted by Crippen LogP contribution is -2.34. The highest BCUT2D eigenvalue weighted by molar-refractivity contribution is 5.78. The molecule has 5 heteroatoms. The molecule has 1 unspecified atom stereocenters. The van der Waals surface area contributed by atoms with Gasteiger partial charge in [0.1, 0.15) is 5.82 Å². The third-order valence-corrected chi connectivity index (χ3v) is 4.04. The minimum absolute atomic E-state index is 0.0109. The van der Waals surface area contributed by atoms with Crippen LogP contribution in [0.2, 0.25) is 0 Å². The van der Waals surface area contributed by atoms with Crippen LogP contribution in [-0.2, 0) is 4.79 Å². The number of nitrogens with zero attached hydrogens (tertiary/aromatic N) is 1. The van der Waals surface area contributed by atoms with Crippen LogP contribution < -0.4 is 4.74 Å². The van der Waals surface area contributed by atoms with Crippen molar-refractivity contribution in [3.05, 3.63) is 59.9 Å². The summed E-state index contributed by atoms with van der Waals surface area (Å²) in [5.41, 5.74) is 0.930. The van der Waals surface area contributed by atoms with Crippen LogP contribution in [0.25, 0.3) is 0 Å². The summed E-state index contributed by atoms with van der Waals surface area (Å²) in [4.78, 5) is 14.2. The van der Waals surface area contributed by atoms with Crippen molar-refractivity contribution in [1.29, 1.82) is 0 Å². The fourth-order valence-corrected chi connectivity index (χ4v) is 2.90. The van der Waals surface area contributed by atoms with Crippen LogP contribution in [0.1, 0.15) is 24.4 Å². The van der Waals surface area contributed by atoms with Crippen molar-refractivity contribution in [2.75, 3.05) is 13.2 Å². The molecule has 1 amide bonds. The van der Waals surface area contributed by atoms with Crippen molar-refractivity contribution in [2.45, 2.75) is 18.9 Å². The smallest absolute Gasteiger partial charge is 0.261 e. The molecule has 0 radical (unpaired) electrons. The third-order valence-electron chi connectivity index (χ3n) is 4.04. The quantitative estimate of drug-likeness (QED) is 0.942. The summed E-state index contributed by atoms with van der Waals surface area (Å²) in [7, 11) is 0. The fourth-order valence-electron chi connectivity index (χ4n) is 2.90. The minimum Gasteiger partial charge on any atom is -0.504 e. The number of phenolic OH excluding ortho intramolecular Hbond substituents is 1. The zero-order chi connectivity index (χ0) is 16.2. The Morgan fingerprint density at radius 2 is 1.96 bits per heavy atom. The molecule has 120 valence electrons. The molecule has 1 aliphatic rings. The first-order chi connectivity index (χ1) is 11.1. The minimum atomic E-state index is -0.285. The first-order valence-electron chi connectivity index (χ1n) is 7.61. The SMILES string of the molecule is O=C(COc1ccccc1O)N1CCCC1c1ccc(F)cc1. The molecule has 1 atom stereocenters. The van der Waals surface area contributed by atoms with Crippen LogP contribution in [0, 0.1) is 5.82 Å². The molecular weight excluding hydrogens is 297 g/mol. The number of phenols is 1. The monoisotopic (exact) mass is 315 g/mol. The second-order valence-corrected chi connectivity index (χ2v) is 5.55. The van der Waals surface area contributed by atoms with E-state index in [1.807, 2.05) is 0 Å². The van der Waals surface area contributed by atoms with E-state index in [1.165, 1.54) is 18.2 Å². The van der Waals surface area contributed by atoms with E-state index >= 15 is 0 Å². The number of carbonyl (C=O) groups is 1. The van der Waals surface area contributed by atoms with Crippen LogP contribution >= 0.6 is 0 Å². The van der Waals surface area contributed by atoms with Gasteiger partial charge in [0, 0.05) is 6.54 Å². The number of rotatable bonds is 4. The van der Waals surface area contributed by atoms with Crippen LogP contribution in [0.3, 0.4) is 0 Å². The molecule has 1 heterocycles. The fraction of sp³-hybridized carbons (Fsp3) is 0.278. The number of aromatic hydroxyl groups is 1.